The van der Waals surface area contributed by atoms with Crippen molar-refractivity contribution in [1.29, 1.82) is 0 Å². The molecule has 2 heterocycles. The van der Waals surface area contributed by atoms with Crippen molar-refractivity contribution < 1.29 is 22.0 Å². The van der Waals surface area contributed by atoms with E-state index in [1.54, 1.807) is 36.7 Å². The molecule has 0 N–H and O–H groups in total. The maximum atomic E-state index is 14.2. The zero-order chi connectivity index (χ0) is 22.9. The molecule has 10 heteroatoms. The lowest BCUT2D eigenvalue weighted by Gasteiger charge is -2.20. The van der Waals surface area contributed by atoms with E-state index in [4.69, 9.17) is 0 Å². The van der Waals surface area contributed by atoms with Gasteiger partial charge in [-0.3, -0.25) is 14.7 Å². The molecule has 0 radical (unpaired) electrons. The molecule has 0 saturated carbocycles. The predicted octanol–water partition coefficient (Wildman–Crippen LogP) is 4.15. The van der Waals surface area contributed by atoms with E-state index in [0.717, 1.165) is 29.2 Å². The highest BCUT2D eigenvalue weighted by atomic mass is 32.2. The molecule has 4 aromatic rings. The van der Waals surface area contributed by atoms with Crippen LogP contribution >= 0.6 is 11.3 Å². The molecule has 0 aliphatic rings. The quantitative estimate of drug-likeness (QED) is 0.420. The molecule has 0 bridgehead atoms. The topological polar surface area (TPSA) is 80.2 Å². The number of nitrogens with zero attached hydrogens (tertiary/aromatic N) is 3. The van der Waals surface area contributed by atoms with Crippen molar-refractivity contribution in [2.45, 2.75) is 17.9 Å². The number of rotatable bonds is 6. The predicted molar refractivity (Wildman–Crippen MR) is 118 cm³/mol. The fraction of sp³-hybridized carbons (Fsp3) is 0.136. The molecule has 2 aromatic heterocycles. The number of sulfone groups is 1. The van der Waals surface area contributed by atoms with Crippen LogP contribution in [0.4, 0.5) is 13.9 Å². The van der Waals surface area contributed by atoms with Crippen molar-refractivity contribution >= 4 is 42.4 Å². The van der Waals surface area contributed by atoms with Gasteiger partial charge in [-0.15, -0.1) is 0 Å². The summed E-state index contributed by atoms with van der Waals surface area (Å²) in [6, 6.07) is 11.5. The molecule has 0 fully saturated rings. The van der Waals surface area contributed by atoms with Crippen LogP contribution in [0.2, 0.25) is 0 Å². The lowest BCUT2D eigenvalue weighted by atomic mass is 10.1. The summed E-state index contributed by atoms with van der Waals surface area (Å²) in [4.78, 5) is 23.1. The molecular weight excluding hydrogens is 456 g/mol. The van der Waals surface area contributed by atoms with Gasteiger partial charge in [0.2, 0.25) is 5.91 Å². The van der Waals surface area contributed by atoms with Gasteiger partial charge in [0.15, 0.2) is 20.8 Å². The minimum atomic E-state index is -3.35. The van der Waals surface area contributed by atoms with Crippen molar-refractivity contribution in [3.8, 4) is 0 Å². The largest absolute Gasteiger partial charge is 0.283 e. The molecule has 0 atom stereocenters. The Morgan fingerprint density at radius 2 is 1.84 bits per heavy atom. The summed E-state index contributed by atoms with van der Waals surface area (Å²) in [5.74, 6) is -1.85. The number of benzene rings is 2. The minimum absolute atomic E-state index is 0.00658. The number of anilines is 1. The molecule has 0 spiro atoms. The Labute approximate surface area is 187 Å². The summed E-state index contributed by atoms with van der Waals surface area (Å²) in [5, 5.41) is 0.228. The second-order valence-electron chi connectivity index (χ2n) is 7.16. The summed E-state index contributed by atoms with van der Waals surface area (Å²) in [6.07, 6.45) is 4.29. The number of amides is 1. The highest BCUT2D eigenvalue weighted by Crippen LogP contribution is 2.32. The molecule has 0 unspecified atom stereocenters. The fourth-order valence-corrected chi connectivity index (χ4v) is 4.77. The van der Waals surface area contributed by atoms with Gasteiger partial charge in [0.1, 0.15) is 11.3 Å². The van der Waals surface area contributed by atoms with Crippen LogP contribution in [-0.2, 0) is 27.6 Å². The van der Waals surface area contributed by atoms with Gasteiger partial charge in [-0.2, -0.15) is 0 Å². The lowest BCUT2D eigenvalue weighted by Crippen LogP contribution is -2.31. The van der Waals surface area contributed by atoms with E-state index < -0.39 is 21.5 Å². The van der Waals surface area contributed by atoms with Gasteiger partial charge in [-0.25, -0.2) is 22.2 Å². The smallest absolute Gasteiger partial charge is 0.233 e. The van der Waals surface area contributed by atoms with Gasteiger partial charge >= 0.3 is 0 Å². The SMILES string of the molecule is CS(=O)(=O)c1ccc(CC(=O)N(Cc2cccnc2)c2nc3c(F)cc(F)cc3s2)cc1. The Bertz CT molecular complexity index is 1390. The third-order valence-corrected chi connectivity index (χ3v) is 6.86. The Morgan fingerprint density at radius 1 is 1.09 bits per heavy atom. The average molecular weight is 474 g/mol. The molecule has 0 aliphatic carbocycles. The number of thiazole rings is 1. The van der Waals surface area contributed by atoms with Crippen molar-refractivity contribution in [2.75, 3.05) is 11.2 Å². The molecule has 0 aliphatic heterocycles. The molecule has 1 amide bonds. The van der Waals surface area contributed by atoms with Crippen LogP contribution in [0.1, 0.15) is 11.1 Å². The number of hydrogen-bond donors (Lipinski definition) is 0. The van der Waals surface area contributed by atoms with Gasteiger partial charge < -0.3 is 0 Å². The van der Waals surface area contributed by atoms with Crippen molar-refractivity contribution in [1.82, 2.24) is 9.97 Å². The molecule has 0 saturated heterocycles. The van der Waals surface area contributed by atoms with E-state index in [1.165, 1.54) is 23.1 Å². The summed E-state index contributed by atoms with van der Waals surface area (Å²) in [6.45, 7) is 0.137. The summed E-state index contributed by atoms with van der Waals surface area (Å²) in [7, 11) is -3.35. The third kappa shape index (κ3) is 4.81. The monoisotopic (exact) mass is 473 g/mol. The number of pyridine rings is 1. The van der Waals surface area contributed by atoms with Gasteiger partial charge in [0.05, 0.1) is 22.6 Å². The van der Waals surface area contributed by atoms with Crippen LogP contribution in [0.15, 0.2) is 65.8 Å². The first-order valence-corrected chi connectivity index (χ1v) is 12.2. The van der Waals surface area contributed by atoms with Crippen LogP contribution in [0.25, 0.3) is 10.2 Å². The molecule has 164 valence electrons. The number of fused-ring (bicyclic) bond motifs is 1. The molecule has 4 rings (SSSR count). The van der Waals surface area contributed by atoms with Gasteiger partial charge in [0, 0.05) is 24.7 Å². The lowest BCUT2D eigenvalue weighted by molar-refractivity contribution is -0.118. The summed E-state index contributed by atoms with van der Waals surface area (Å²) < 4.78 is 51.4. The molecule has 6 nitrogen and oxygen atoms in total. The molecule has 32 heavy (non-hydrogen) atoms. The zero-order valence-corrected chi connectivity index (χ0v) is 18.5. The highest BCUT2D eigenvalue weighted by Gasteiger charge is 2.22. The fourth-order valence-electron chi connectivity index (χ4n) is 3.12. The summed E-state index contributed by atoms with van der Waals surface area (Å²) >= 11 is 1.01. The van der Waals surface area contributed by atoms with E-state index in [1.807, 2.05) is 0 Å². The first kappa shape index (κ1) is 22.0. The number of carbonyl (C=O) groups is 1. The zero-order valence-electron chi connectivity index (χ0n) is 16.8. The Balaban J connectivity index is 1.68. The second-order valence-corrected chi connectivity index (χ2v) is 10.2. The maximum absolute atomic E-state index is 14.2. The number of aromatic nitrogens is 2. The van der Waals surface area contributed by atoms with Crippen LogP contribution in [0, 0.1) is 11.6 Å². The van der Waals surface area contributed by atoms with Crippen LogP contribution in [0.3, 0.4) is 0 Å². The van der Waals surface area contributed by atoms with Crippen LogP contribution < -0.4 is 4.90 Å². The van der Waals surface area contributed by atoms with Crippen molar-refractivity contribution in [3.63, 3.8) is 0 Å². The third-order valence-electron chi connectivity index (χ3n) is 4.70. The average Bonchev–Trinajstić information content (AvgIpc) is 3.16. The first-order chi connectivity index (χ1) is 15.2. The van der Waals surface area contributed by atoms with Crippen molar-refractivity contribution in [3.05, 3.63) is 83.7 Å². The van der Waals surface area contributed by atoms with Gasteiger partial charge in [-0.05, 0) is 35.4 Å². The Hall–Kier alpha value is -3.24. The Morgan fingerprint density at radius 3 is 2.50 bits per heavy atom. The first-order valence-electron chi connectivity index (χ1n) is 9.44. The van der Waals surface area contributed by atoms with Gasteiger partial charge in [-0.1, -0.05) is 29.5 Å². The number of carbonyl (C=O) groups excluding carboxylic acids is 1. The Kier molecular flexibility index (Phi) is 5.98. The highest BCUT2D eigenvalue weighted by molar-refractivity contribution is 7.90. The van der Waals surface area contributed by atoms with E-state index in [9.17, 15) is 22.0 Å². The normalized spacial score (nSPS) is 11.6. The van der Waals surface area contributed by atoms with E-state index in [0.29, 0.717) is 10.3 Å². The van der Waals surface area contributed by atoms with Crippen LogP contribution in [0.5, 0.6) is 0 Å². The minimum Gasteiger partial charge on any atom is -0.283 e. The van der Waals surface area contributed by atoms with Crippen molar-refractivity contribution in [2.24, 2.45) is 0 Å². The van der Waals surface area contributed by atoms with E-state index in [2.05, 4.69) is 9.97 Å². The van der Waals surface area contributed by atoms with Crippen LogP contribution in [-0.4, -0.2) is 30.5 Å². The van der Waals surface area contributed by atoms with E-state index >= 15 is 0 Å². The standard InChI is InChI=1S/C22H17F2N3O3S2/c1-32(29,30)17-6-4-14(5-7-17)9-20(28)27(13-15-3-2-8-25-12-15)22-26-21-18(24)10-16(23)11-19(21)31-22/h2-8,10-12H,9,13H2,1H3. The number of hydrogen-bond acceptors (Lipinski definition) is 6. The van der Waals surface area contributed by atoms with E-state index in [-0.39, 0.29) is 34.4 Å². The number of halogens is 2. The van der Waals surface area contributed by atoms with Gasteiger partial charge in [0.25, 0.3) is 0 Å². The molecular formula is C22H17F2N3O3S2. The second kappa shape index (κ2) is 8.71. The summed E-state index contributed by atoms with van der Waals surface area (Å²) in [5.41, 5.74) is 1.34. The molecule has 2 aromatic carbocycles. The maximum Gasteiger partial charge on any atom is 0.233 e.